The van der Waals surface area contributed by atoms with E-state index in [0.29, 0.717) is 6.42 Å². The largest absolute Gasteiger partial charge is 0.481 e. The van der Waals surface area contributed by atoms with Gasteiger partial charge in [-0.3, -0.25) is 9.59 Å². The van der Waals surface area contributed by atoms with Gasteiger partial charge >= 0.3 is 5.97 Å². The number of nitrogens with one attached hydrogen (secondary N) is 1. The molecule has 1 rings (SSSR count). The minimum atomic E-state index is -0.956. The first-order valence-electron chi connectivity index (χ1n) is 6.30. The van der Waals surface area contributed by atoms with Crippen molar-refractivity contribution in [3.63, 3.8) is 0 Å². The second-order valence-electron chi connectivity index (χ2n) is 5.88. The van der Waals surface area contributed by atoms with Crippen LogP contribution in [0.5, 0.6) is 0 Å². The van der Waals surface area contributed by atoms with Gasteiger partial charge in [0.2, 0.25) is 0 Å². The highest BCUT2D eigenvalue weighted by molar-refractivity contribution is 6.34. The Morgan fingerprint density at radius 2 is 1.95 bits per heavy atom. The number of carbonyl (C=O) groups excluding carboxylic acids is 1. The van der Waals surface area contributed by atoms with Crippen molar-refractivity contribution in [2.24, 2.45) is 11.3 Å². The van der Waals surface area contributed by atoms with Crippen molar-refractivity contribution in [2.75, 3.05) is 6.54 Å². The van der Waals surface area contributed by atoms with Crippen molar-refractivity contribution in [1.82, 2.24) is 15.5 Å². The van der Waals surface area contributed by atoms with Crippen LogP contribution in [0, 0.1) is 11.3 Å². The molecule has 0 aliphatic carbocycles. The molecule has 1 heterocycles. The highest BCUT2D eigenvalue weighted by atomic mass is 35.5. The summed E-state index contributed by atoms with van der Waals surface area (Å²) < 4.78 is 0. The lowest BCUT2D eigenvalue weighted by atomic mass is 9.84. The fourth-order valence-corrected chi connectivity index (χ4v) is 2.13. The summed E-state index contributed by atoms with van der Waals surface area (Å²) in [5, 5.41) is 18.7. The average molecular weight is 334 g/mol. The van der Waals surface area contributed by atoms with E-state index in [1.165, 1.54) is 6.07 Å². The second kappa shape index (κ2) is 7.04. The van der Waals surface area contributed by atoms with Crippen LogP contribution in [0.2, 0.25) is 10.3 Å². The summed E-state index contributed by atoms with van der Waals surface area (Å²) in [6.07, 6.45) is 0.436. The fraction of sp³-hybridized carbons (Fsp3) is 0.538. The van der Waals surface area contributed by atoms with Crippen molar-refractivity contribution < 1.29 is 14.7 Å². The number of rotatable bonds is 5. The normalized spacial score (nSPS) is 12.8. The summed E-state index contributed by atoms with van der Waals surface area (Å²) in [7, 11) is 0. The highest BCUT2D eigenvalue weighted by Gasteiger charge is 2.25. The summed E-state index contributed by atoms with van der Waals surface area (Å²) >= 11 is 11.4. The van der Waals surface area contributed by atoms with Gasteiger partial charge in [-0.2, -0.15) is 0 Å². The SMILES string of the molecule is CC(C)(C)CC(CNC(=O)c1cc(Cl)nnc1Cl)C(=O)O. The average Bonchev–Trinajstić information content (AvgIpc) is 2.35. The van der Waals surface area contributed by atoms with Crippen LogP contribution in [-0.2, 0) is 4.79 Å². The Kier molecular flexibility index (Phi) is 5.92. The Bertz CT molecular complexity index is 544. The molecule has 0 aromatic carbocycles. The maximum absolute atomic E-state index is 12.0. The predicted octanol–water partition coefficient (Wildman–Crippen LogP) is 2.65. The molecule has 1 unspecified atom stereocenters. The lowest BCUT2D eigenvalue weighted by Crippen LogP contribution is -2.35. The molecule has 0 aliphatic heterocycles. The first-order chi connectivity index (χ1) is 9.60. The van der Waals surface area contributed by atoms with E-state index >= 15 is 0 Å². The van der Waals surface area contributed by atoms with E-state index in [1.54, 1.807) is 0 Å². The number of carboxylic acids is 1. The molecular weight excluding hydrogens is 317 g/mol. The molecule has 1 aromatic rings. The van der Waals surface area contributed by atoms with E-state index in [9.17, 15) is 14.7 Å². The molecule has 116 valence electrons. The first kappa shape index (κ1) is 17.7. The maximum atomic E-state index is 12.0. The van der Waals surface area contributed by atoms with Crippen LogP contribution in [0.25, 0.3) is 0 Å². The summed E-state index contributed by atoms with van der Waals surface area (Å²) in [6, 6.07) is 1.28. The number of aromatic nitrogens is 2. The quantitative estimate of drug-likeness (QED) is 0.864. The van der Waals surface area contributed by atoms with Crippen molar-refractivity contribution in [3.05, 3.63) is 21.9 Å². The van der Waals surface area contributed by atoms with Crippen LogP contribution in [0.1, 0.15) is 37.6 Å². The van der Waals surface area contributed by atoms with Crippen LogP contribution in [0.15, 0.2) is 6.07 Å². The minimum Gasteiger partial charge on any atom is -0.481 e. The van der Waals surface area contributed by atoms with Gasteiger partial charge in [0.15, 0.2) is 10.3 Å². The molecule has 0 bridgehead atoms. The van der Waals surface area contributed by atoms with Crippen LogP contribution < -0.4 is 5.32 Å². The van der Waals surface area contributed by atoms with Crippen molar-refractivity contribution in [1.29, 1.82) is 0 Å². The molecule has 1 atom stereocenters. The van der Waals surface area contributed by atoms with Crippen LogP contribution in [-0.4, -0.2) is 33.7 Å². The molecule has 2 N–H and O–H groups in total. The number of hydrogen-bond donors (Lipinski definition) is 2. The van der Waals surface area contributed by atoms with E-state index < -0.39 is 17.8 Å². The van der Waals surface area contributed by atoms with Crippen LogP contribution >= 0.6 is 23.2 Å². The number of carbonyl (C=O) groups is 2. The lowest BCUT2D eigenvalue weighted by Gasteiger charge is -2.23. The topological polar surface area (TPSA) is 92.2 Å². The first-order valence-corrected chi connectivity index (χ1v) is 7.05. The Labute approximate surface area is 132 Å². The van der Waals surface area contributed by atoms with Gasteiger partial charge in [0.25, 0.3) is 5.91 Å². The van der Waals surface area contributed by atoms with Gasteiger partial charge < -0.3 is 10.4 Å². The van der Waals surface area contributed by atoms with Gasteiger partial charge in [-0.05, 0) is 17.9 Å². The Balaban J connectivity index is 2.74. The van der Waals surface area contributed by atoms with E-state index in [1.807, 2.05) is 20.8 Å². The van der Waals surface area contributed by atoms with Gasteiger partial charge in [-0.25, -0.2) is 0 Å². The monoisotopic (exact) mass is 333 g/mol. The Hall–Kier alpha value is -1.40. The highest BCUT2D eigenvalue weighted by Crippen LogP contribution is 2.24. The van der Waals surface area contributed by atoms with E-state index in [0.717, 1.165) is 0 Å². The number of halogens is 2. The smallest absolute Gasteiger partial charge is 0.308 e. The standard InChI is InChI=1S/C13H17Cl2N3O3/c1-13(2,3)5-7(12(20)21)6-16-11(19)8-4-9(14)17-18-10(8)15/h4,7H,5-6H2,1-3H3,(H,16,19)(H,20,21). The van der Waals surface area contributed by atoms with Crippen LogP contribution in [0.4, 0.5) is 0 Å². The molecule has 8 heteroatoms. The molecule has 1 aromatic heterocycles. The molecule has 0 saturated carbocycles. The number of aliphatic carboxylic acids is 1. The number of nitrogens with zero attached hydrogens (tertiary/aromatic N) is 2. The van der Waals surface area contributed by atoms with E-state index in [-0.39, 0.29) is 27.8 Å². The third-order valence-electron chi connectivity index (χ3n) is 2.68. The van der Waals surface area contributed by atoms with Gasteiger partial charge in [-0.15, -0.1) is 10.2 Å². The predicted molar refractivity (Wildman–Crippen MR) is 79.6 cm³/mol. The van der Waals surface area contributed by atoms with Crippen molar-refractivity contribution in [2.45, 2.75) is 27.2 Å². The van der Waals surface area contributed by atoms with Gasteiger partial charge in [0, 0.05) is 6.54 Å². The molecule has 0 saturated heterocycles. The van der Waals surface area contributed by atoms with Crippen LogP contribution in [0.3, 0.4) is 0 Å². The van der Waals surface area contributed by atoms with Gasteiger partial charge in [-0.1, -0.05) is 44.0 Å². The van der Waals surface area contributed by atoms with Crippen molar-refractivity contribution >= 4 is 35.1 Å². The number of carboxylic acid groups (broad SMARTS) is 1. The lowest BCUT2D eigenvalue weighted by molar-refractivity contribution is -0.142. The third-order valence-corrected chi connectivity index (χ3v) is 3.14. The Morgan fingerprint density at radius 3 is 2.48 bits per heavy atom. The zero-order valence-corrected chi connectivity index (χ0v) is 13.5. The third kappa shape index (κ3) is 5.85. The molecule has 6 nitrogen and oxygen atoms in total. The summed E-state index contributed by atoms with van der Waals surface area (Å²) in [4.78, 5) is 23.2. The molecule has 1 amide bonds. The summed E-state index contributed by atoms with van der Waals surface area (Å²) in [6.45, 7) is 5.82. The molecule has 0 fully saturated rings. The second-order valence-corrected chi connectivity index (χ2v) is 6.63. The molecular formula is C13H17Cl2N3O3. The summed E-state index contributed by atoms with van der Waals surface area (Å²) in [5.41, 5.74) is -0.0935. The maximum Gasteiger partial charge on any atom is 0.308 e. The molecule has 0 aliphatic rings. The Morgan fingerprint density at radius 1 is 1.33 bits per heavy atom. The van der Waals surface area contributed by atoms with Crippen molar-refractivity contribution in [3.8, 4) is 0 Å². The zero-order valence-electron chi connectivity index (χ0n) is 12.0. The van der Waals surface area contributed by atoms with Gasteiger partial charge in [0.05, 0.1) is 11.5 Å². The van der Waals surface area contributed by atoms with E-state index in [2.05, 4.69) is 15.5 Å². The zero-order chi connectivity index (χ0) is 16.2. The number of hydrogen-bond acceptors (Lipinski definition) is 4. The van der Waals surface area contributed by atoms with Gasteiger partial charge in [0.1, 0.15) is 0 Å². The minimum absolute atomic E-state index is 0.00169. The van der Waals surface area contributed by atoms with E-state index in [4.69, 9.17) is 23.2 Å². The molecule has 0 radical (unpaired) electrons. The molecule has 21 heavy (non-hydrogen) atoms. The molecule has 0 spiro atoms. The fourth-order valence-electron chi connectivity index (χ4n) is 1.81. The summed E-state index contributed by atoms with van der Waals surface area (Å²) in [5.74, 6) is -2.17. The number of amides is 1.